The second-order valence-electron chi connectivity index (χ2n) is 8.47. The summed E-state index contributed by atoms with van der Waals surface area (Å²) in [6, 6.07) is 1.25. The number of amides is 1. The number of aliphatic hydroxyl groups is 4. The van der Waals surface area contributed by atoms with Crippen molar-refractivity contribution in [1.82, 2.24) is 4.90 Å². The molecule has 1 aromatic rings. The van der Waals surface area contributed by atoms with Gasteiger partial charge in [0, 0.05) is 28.0 Å². The number of nitrogens with zero attached hydrogens (tertiary/aromatic N) is 1. The minimum absolute atomic E-state index is 0.00251. The fourth-order valence-corrected chi connectivity index (χ4v) is 5.51. The van der Waals surface area contributed by atoms with Crippen molar-refractivity contribution in [3.8, 4) is 5.75 Å². The Morgan fingerprint density at radius 2 is 1.84 bits per heavy atom. The number of hydrogen-bond acceptors (Lipinski definition) is 9. The van der Waals surface area contributed by atoms with E-state index >= 15 is 0 Å². The summed E-state index contributed by atoms with van der Waals surface area (Å²) >= 11 is 6.19. The zero-order valence-electron chi connectivity index (χ0n) is 17.0. The van der Waals surface area contributed by atoms with E-state index in [0.717, 1.165) is 0 Å². The predicted molar refractivity (Wildman–Crippen MR) is 111 cm³/mol. The predicted octanol–water partition coefficient (Wildman–Crippen LogP) is 0.108. The average Bonchev–Trinajstić information content (AvgIpc) is 2.69. The van der Waals surface area contributed by atoms with Crippen molar-refractivity contribution in [3.05, 3.63) is 45.2 Å². The number of halogens is 1. The number of rotatable bonds is 2. The average molecular weight is 465 g/mol. The second-order valence-corrected chi connectivity index (χ2v) is 8.87. The standard InChI is InChI=1S/C21H21ClN2O8/c1-24(2)14-7-5-6-10(16(27)12-9(25)4-3-8(22)11(12)15(6)26)18(29)21(7,32)19(30)13(17(14)28)20(23)31/h3-4,6-7,14-15,25-27,30,32H,5H2,1-2H3,(H2,23,31)/t6-,7-,14+,15-,21-/m0/s1. The first kappa shape index (κ1) is 22.3. The third-order valence-corrected chi connectivity index (χ3v) is 6.97. The first-order valence-corrected chi connectivity index (χ1v) is 10.1. The van der Waals surface area contributed by atoms with Crippen LogP contribution in [0.5, 0.6) is 5.75 Å². The van der Waals surface area contributed by atoms with E-state index in [4.69, 9.17) is 17.3 Å². The molecule has 1 saturated carbocycles. The Bertz CT molecular complexity index is 1160. The largest absolute Gasteiger partial charge is 0.508 e. The molecule has 1 fully saturated rings. The number of carbonyl (C=O) groups excluding carboxylic acids is 3. The van der Waals surface area contributed by atoms with Gasteiger partial charge in [-0.15, -0.1) is 0 Å². The third kappa shape index (κ3) is 2.61. The third-order valence-electron chi connectivity index (χ3n) is 6.64. The van der Waals surface area contributed by atoms with Crippen molar-refractivity contribution in [1.29, 1.82) is 0 Å². The zero-order valence-corrected chi connectivity index (χ0v) is 17.8. The molecule has 0 aliphatic heterocycles. The van der Waals surface area contributed by atoms with Gasteiger partial charge in [0.1, 0.15) is 22.8 Å². The molecule has 32 heavy (non-hydrogen) atoms. The van der Waals surface area contributed by atoms with Gasteiger partial charge in [-0.1, -0.05) is 11.6 Å². The Morgan fingerprint density at radius 1 is 1.22 bits per heavy atom. The van der Waals surface area contributed by atoms with E-state index < -0.39 is 75.5 Å². The number of ketones is 2. The lowest BCUT2D eigenvalue weighted by Crippen LogP contribution is -2.66. The highest BCUT2D eigenvalue weighted by molar-refractivity contribution is 6.32. The molecule has 1 aromatic carbocycles. The number of Topliss-reactive ketones (excluding diaryl/α,β-unsaturated/α-hetero) is 2. The van der Waals surface area contributed by atoms with Gasteiger partial charge in [0.25, 0.3) is 5.91 Å². The highest BCUT2D eigenvalue weighted by Crippen LogP contribution is 2.56. The number of likely N-dealkylation sites (N-methyl/N-ethyl adjacent to an activating group) is 1. The van der Waals surface area contributed by atoms with Gasteiger partial charge in [-0.3, -0.25) is 19.3 Å². The van der Waals surface area contributed by atoms with Gasteiger partial charge >= 0.3 is 0 Å². The summed E-state index contributed by atoms with van der Waals surface area (Å²) in [7, 11) is 2.97. The van der Waals surface area contributed by atoms with E-state index in [1.165, 1.54) is 31.1 Å². The molecule has 4 rings (SSSR count). The molecule has 0 bridgehead atoms. The minimum atomic E-state index is -2.77. The topological polar surface area (TPSA) is 182 Å². The zero-order chi connectivity index (χ0) is 23.9. The smallest absolute Gasteiger partial charge is 0.255 e. The molecule has 3 aliphatic carbocycles. The maximum absolute atomic E-state index is 13.6. The van der Waals surface area contributed by atoms with Crippen LogP contribution in [0.4, 0.5) is 0 Å². The molecule has 1 amide bonds. The molecular formula is C21H21ClN2O8. The van der Waals surface area contributed by atoms with Crippen LogP contribution in [0, 0.1) is 11.8 Å². The first-order valence-electron chi connectivity index (χ1n) is 9.69. The number of phenols is 1. The van der Waals surface area contributed by atoms with E-state index in [9.17, 15) is 39.9 Å². The SMILES string of the molecule is CN(C)[C@H]1C(=O)C(C(N)=O)=C(O)[C@@]2(O)C(=O)C3=C(O)c4c(O)ccc(Cl)c4[C@@H](O)[C@H]3C[C@@H]12. The van der Waals surface area contributed by atoms with Crippen molar-refractivity contribution in [2.75, 3.05) is 14.1 Å². The summed E-state index contributed by atoms with van der Waals surface area (Å²) in [6.07, 6.45) is -1.70. The van der Waals surface area contributed by atoms with Crippen molar-refractivity contribution in [2.24, 2.45) is 17.6 Å². The fourth-order valence-electron chi connectivity index (χ4n) is 5.24. The van der Waals surface area contributed by atoms with Gasteiger partial charge in [-0.2, -0.15) is 0 Å². The normalized spacial score (nSPS) is 32.1. The van der Waals surface area contributed by atoms with Crippen LogP contribution in [-0.4, -0.2) is 73.6 Å². The number of phenolic OH excluding ortho intramolecular Hbond substituents is 1. The van der Waals surface area contributed by atoms with E-state index in [1.807, 2.05) is 0 Å². The molecular weight excluding hydrogens is 444 g/mol. The summed E-state index contributed by atoms with van der Waals surface area (Å²) in [5.41, 5.74) is 0.845. The molecule has 5 atom stereocenters. The molecule has 0 unspecified atom stereocenters. The van der Waals surface area contributed by atoms with Crippen molar-refractivity contribution < 1.29 is 39.9 Å². The summed E-state index contributed by atoms with van der Waals surface area (Å²) in [5.74, 6) is -8.19. The van der Waals surface area contributed by atoms with Crippen molar-refractivity contribution in [3.63, 3.8) is 0 Å². The molecule has 0 radical (unpaired) electrons. The maximum atomic E-state index is 13.6. The van der Waals surface area contributed by atoms with E-state index in [0.29, 0.717) is 0 Å². The molecule has 0 heterocycles. The van der Waals surface area contributed by atoms with Crippen LogP contribution >= 0.6 is 11.6 Å². The molecule has 10 nitrogen and oxygen atoms in total. The van der Waals surface area contributed by atoms with E-state index in [1.54, 1.807) is 0 Å². The van der Waals surface area contributed by atoms with Crippen molar-refractivity contribution >= 4 is 34.8 Å². The maximum Gasteiger partial charge on any atom is 0.255 e. The van der Waals surface area contributed by atoms with Crippen molar-refractivity contribution in [2.45, 2.75) is 24.2 Å². The summed E-state index contributed by atoms with van der Waals surface area (Å²) in [4.78, 5) is 39.8. The Labute approximate surface area is 186 Å². The minimum Gasteiger partial charge on any atom is -0.508 e. The number of aliphatic hydroxyl groups excluding tert-OH is 3. The Balaban J connectivity index is 2.03. The lowest BCUT2D eigenvalue weighted by Gasteiger charge is -2.51. The number of nitrogens with two attached hydrogens (primary N) is 1. The van der Waals surface area contributed by atoms with Gasteiger partial charge in [0.15, 0.2) is 11.4 Å². The molecule has 11 heteroatoms. The number of carbonyl (C=O) groups is 3. The van der Waals surface area contributed by atoms with Crippen LogP contribution in [-0.2, 0) is 14.4 Å². The van der Waals surface area contributed by atoms with Gasteiger partial charge < -0.3 is 31.3 Å². The Morgan fingerprint density at radius 3 is 2.41 bits per heavy atom. The fraction of sp³-hybridized carbons (Fsp3) is 0.381. The monoisotopic (exact) mass is 464 g/mol. The second kappa shape index (κ2) is 7.04. The van der Waals surface area contributed by atoms with Crippen LogP contribution in [0.25, 0.3) is 5.76 Å². The van der Waals surface area contributed by atoms with Crippen LogP contribution < -0.4 is 5.73 Å². The number of aromatic hydroxyl groups is 1. The Hall–Kier alpha value is -2.92. The van der Waals surface area contributed by atoms with Crippen LogP contribution in [0.2, 0.25) is 5.02 Å². The highest BCUT2D eigenvalue weighted by Gasteiger charge is 2.65. The lowest BCUT2D eigenvalue weighted by molar-refractivity contribution is -0.155. The van der Waals surface area contributed by atoms with Crippen LogP contribution in [0.1, 0.15) is 23.7 Å². The molecule has 3 aliphatic rings. The number of benzene rings is 1. The van der Waals surface area contributed by atoms with Gasteiger partial charge in [0.05, 0.1) is 17.7 Å². The lowest BCUT2D eigenvalue weighted by atomic mass is 9.57. The van der Waals surface area contributed by atoms with Crippen LogP contribution in [0.15, 0.2) is 29.0 Å². The molecule has 0 spiro atoms. The van der Waals surface area contributed by atoms with Crippen LogP contribution in [0.3, 0.4) is 0 Å². The van der Waals surface area contributed by atoms with Gasteiger partial charge in [0.2, 0.25) is 5.78 Å². The Kier molecular flexibility index (Phi) is 4.90. The number of fused-ring (bicyclic) bond motifs is 3. The molecule has 170 valence electrons. The number of primary amides is 1. The first-order chi connectivity index (χ1) is 14.8. The summed E-state index contributed by atoms with van der Waals surface area (Å²) in [5, 5.41) is 54.4. The molecule has 0 aromatic heterocycles. The molecule has 0 saturated heterocycles. The quantitative estimate of drug-likeness (QED) is 0.331. The van der Waals surface area contributed by atoms with Gasteiger partial charge in [-0.05, 0) is 32.6 Å². The molecule has 7 N–H and O–H groups in total. The van der Waals surface area contributed by atoms with E-state index in [2.05, 4.69) is 0 Å². The summed E-state index contributed by atoms with van der Waals surface area (Å²) < 4.78 is 0. The van der Waals surface area contributed by atoms with E-state index in [-0.39, 0.29) is 22.6 Å². The highest BCUT2D eigenvalue weighted by atomic mass is 35.5. The number of hydrogen-bond donors (Lipinski definition) is 6. The summed E-state index contributed by atoms with van der Waals surface area (Å²) in [6.45, 7) is 0. The van der Waals surface area contributed by atoms with Gasteiger partial charge in [-0.25, -0.2) is 0 Å².